The Hall–Kier alpha value is -3.28. The number of carboxylic acid groups (broad SMARTS) is 1. The molecule has 0 aliphatic carbocycles. The zero-order valence-corrected chi connectivity index (χ0v) is 25.2. The van der Waals surface area contributed by atoms with Gasteiger partial charge < -0.3 is 30.7 Å². The van der Waals surface area contributed by atoms with Crippen molar-refractivity contribution in [2.75, 3.05) is 32.0 Å². The highest BCUT2D eigenvalue weighted by Crippen LogP contribution is 2.50. The maximum atomic E-state index is 12.3. The van der Waals surface area contributed by atoms with E-state index in [0.29, 0.717) is 22.9 Å². The SMILES string of the molecule is CC1(C)SC2C(NC(=O)Cc3ccccc3)C(=O)N2C1C(=O)O.CCN(CC)CCOC(=O)c1ccc(N)cc1Cl. The fourth-order valence-corrected chi connectivity index (χ4v) is 6.62. The van der Waals surface area contributed by atoms with E-state index < -0.39 is 28.8 Å². The largest absolute Gasteiger partial charge is 0.480 e. The van der Waals surface area contributed by atoms with E-state index in [-0.39, 0.29) is 23.6 Å². The lowest BCUT2D eigenvalue weighted by Gasteiger charge is -2.43. The van der Waals surface area contributed by atoms with Gasteiger partial charge in [0.1, 0.15) is 24.1 Å². The zero-order chi connectivity index (χ0) is 30.3. The van der Waals surface area contributed by atoms with Gasteiger partial charge in [0.2, 0.25) is 11.8 Å². The van der Waals surface area contributed by atoms with Gasteiger partial charge in [-0.2, -0.15) is 0 Å². The fraction of sp³-hybridized carbons (Fsp3) is 0.448. The molecule has 41 heavy (non-hydrogen) atoms. The molecule has 0 spiro atoms. The van der Waals surface area contributed by atoms with Gasteiger partial charge in [-0.15, -0.1) is 11.8 Å². The first kappa shape index (κ1) is 32.2. The van der Waals surface area contributed by atoms with Crippen molar-refractivity contribution in [2.45, 2.75) is 56.3 Å². The molecule has 2 fully saturated rings. The van der Waals surface area contributed by atoms with Gasteiger partial charge in [0.15, 0.2) is 0 Å². The van der Waals surface area contributed by atoms with Crippen molar-refractivity contribution in [1.82, 2.24) is 15.1 Å². The number of carboxylic acids is 1. The molecule has 2 aliphatic heterocycles. The minimum absolute atomic E-state index is 0.202. The van der Waals surface area contributed by atoms with Crippen LogP contribution in [0.4, 0.5) is 5.69 Å². The molecule has 0 aromatic heterocycles. The predicted octanol–water partition coefficient (Wildman–Crippen LogP) is 3.28. The Morgan fingerprint density at radius 2 is 1.80 bits per heavy atom. The molecule has 2 aliphatic rings. The van der Waals surface area contributed by atoms with Crippen LogP contribution in [-0.2, 0) is 25.5 Å². The lowest BCUT2D eigenvalue weighted by molar-refractivity contribution is -0.161. The molecule has 2 amide bonds. The van der Waals surface area contributed by atoms with Crippen molar-refractivity contribution in [2.24, 2.45) is 0 Å². The number of rotatable bonds is 10. The van der Waals surface area contributed by atoms with Gasteiger partial charge in [0.05, 0.1) is 17.0 Å². The van der Waals surface area contributed by atoms with E-state index >= 15 is 0 Å². The number of hydrogen-bond acceptors (Lipinski definition) is 8. The van der Waals surface area contributed by atoms with E-state index in [0.717, 1.165) is 25.2 Å². The molecule has 3 unspecified atom stereocenters. The average molecular weight is 605 g/mol. The number of nitrogens with one attached hydrogen (secondary N) is 1. The Labute approximate surface area is 249 Å². The number of nitrogens with zero attached hydrogens (tertiary/aromatic N) is 2. The summed E-state index contributed by atoms with van der Waals surface area (Å²) in [6.45, 7) is 10.7. The number of thioether (sulfide) groups is 1. The summed E-state index contributed by atoms with van der Waals surface area (Å²) in [6, 6.07) is 12.5. The van der Waals surface area contributed by atoms with Crippen LogP contribution in [0.1, 0.15) is 43.6 Å². The standard InChI is InChI=1S/C16H18N2O4S.C13H19ClN2O2/c1-16(2)12(15(21)22)18-13(20)11(14(18)23-16)17-10(19)8-9-6-4-3-5-7-9;1-3-16(4-2)7-8-18-13(17)11-6-5-10(15)9-12(11)14/h3-7,11-12,14H,8H2,1-2H3,(H,17,19)(H,21,22);5-6,9H,3-4,7-8,15H2,1-2H3. The predicted molar refractivity (Wildman–Crippen MR) is 160 cm³/mol. The van der Waals surface area contributed by atoms with Gasteiger partial charge in [-0.1, -0.05) is 55.8 Å². The van der Waals surface area contributed by atoms with E-state index in [9.17, 15) is 24.3 Å². The van der Waals surface area contributed by atoms with Crippen molar-refractivity contribution >= 4 is 52.8 Å². The molecule has 222 valence electrons. The number of benzene rings is 2. The average Bonchev–Trinajstić information content (AvgIpc) is 3.18. The van der Waals surface area contributed by atoms with Gasteiger partial charge in [0, 0.05) is 17.0 Å². The summed E-state index contributed by atoms with van der Waals surface area (Å²) in [5, 5.41) is 12.1. The minimum atomic E-state index is -1.01. The second kappa shape index (κ2) is 14.1. The third kappa shape index (κ3) is 7.93. The Bertz CT molecular complexity index is 1260. The normalized spacial score (nSPS) is 20.4. The van der Waals surface area contributed by atoms with E-state index in [1.165, 1.54) is 16.7 Å². The monoisotopic (exact) mass is 604 g/mol. The number of ether oxygens (including phenoxy) is 1. The minimum Gasteiger partial charge on any atom is -0.480 e. The third-order valence-corrected chi connectivity index (χ3v) is 8.83. The summed E-state index contributed by atoms with van der Waals surface area (Å²) in [5.74, 6) is -1.96. The third-order valence-electron chi connectivity index (χ3n) is 6.95. The summed E-state index contributed by atoms with van der Waals surface area (Å²) >= 11 is 7.35. The summed E-state index contributed by atoms with van der Waals surface area (Å²) in [5.41, 5.74) is 7.31. The summed E-state index contributed by atoms with van der Waals surface area (Å²) < 4.78 is 4.60. The lowest BCUT2D eigenvalue weighted by Crippen LogP contribution is -2.70. The molecule has 2 heterocycles. The number of β-lactam (4-membered cyclic amide) rings is 1. The maximum Gasteiger partial charge on any atom is 0.339 e. The molecule has 0 bridgehead atoms. The second-order valence-electron chi connectivity index (χ2n) is 10.2. The van der Waals surface area contributed by atoms with Gasteiger partial charge >= 0.3 is 11.9 Å². The molecule has 3 atom stereocenters. The topological polar surface area (TPSA) is 142 Å². The number of fused-ring (bicyclic) bond motifs is 1. The molecule has 12 heteroatoms. The van der Waals surface area contributed by atoms with Crippen molar-refractivity contribution < 1.29 is 29.0 Å². The molecule has 0 saturated carbocycles. The summed E-state index contributed by atoms with van der Waals surface area (Å²) in [4.78, 5) is 51.1. The number of carbonyl (C=O) groups is 4. The quantitative estimate of drug-likeness (QED) is 0.211. The number of carbonyl (C=O) groups excluding carboxylic acids is 3. The highest BCUT2D eigenvalue weighted by molar-refractivity contribution is 8.01. The van der Waals surface area contributed by atoms with Crippen LogP contribution < -0.4 is 11.1 Å². The number of nitrogen functional groups attached to an aromatic ring is 1. The van der Waals surface area contributed by atoms with E-state index in [2.05, 4.69) is 24.1 Å². The molecule has 10 nitrogen and oxygen atoms in total. The van der Waals surface area contributed by atoms with Gasteiger partial charge in [-0.05, 0) is 50.7 Å². The number of likely N-dealkylation sites (N-methyl/N-ethyl adjacent to an activating group) is 1. The van der Waals surface area contributed by atoms with Crippen LogP contribution in [0.5, 0.6) is 0 Å². The molecule has 4 rings (SSSR count). The highest BCUT2D eigenvalue weighted by atomic mass is 35.5. The molecular formula is C29H37ClN4O6S. The van der Waals surface area contributed by atoms with E-state index in [1.54, 1.807) is 18.2 Å². The first-order valence-electron chi connectivity index (χ1n) is 13.4. The second-order valence-corrected chi connectivity index (χ2v) is 12.4. The number of aliphatic carboxylic acids is 1. The van der Waals surface area contributed by atoms with Crippen molar-refractivity contribution in [3.8, 4) is 0 Å². The maximum absolute atomic E-state index is 12.3. The van der Waals surface area contributed by atoms with Crippen LogP contribution in [0.3, 0.4) is 0 Å². The number of nitrogens with two attached hydrogens (primary N) is 1. The zero-order valence-electron chi connectivity index (χ0n) is 23.6. The number of esters is 1. The molecule has 4 N–H and O–H groups in total. The fourth-order valence-electron chi connectivity index (χ4n) is 4.73. The van der Waals surface area contributed by atoms with Gasteiger partial charge in [-0.25, -0.2) is 9.59 Å². The number of anilines is 1. The van der Waals surface area contributed by atoms with Crippen molar-refractivity contribution in [1.29, 1.82) is 0 Å². The Morgan fingerprint density at radius 1 is 1.15 bits per heavy atom. The number of halogens is 1. The molecule has 2 aromatic carbocycles. The van der Waals surface area contributed by atoms with Crippen LogP contribution in [0.2, 0.25) is 5.02 Å². The van der Waals surface area contributed by atoms with Crippen LogP contribution >= 0.6 is 23.4 Å². The number of amides is 2. The van der Waals surface area contributed by atoms with Crippen LogP contribution in [0, 0.1) is 0 Å². The Morgan fingerprint density at radius 3 is 2.39 bits per heavy atom. The van der Waals surface area contributed by atoms with Crippen molar-refractivity contribution in [3.05, 3.63) is 64.7 Å². The Balaban J connectivity index is 0.000000233. The van der Waals surface area contributed by atoms with E-state index in [1.807, 2.05) is 44.2 Å². The summed E-state index contributed by atoms with van der Waals surface area (Å²) in [7, 11) is 0. The van der Waals surface area contributed by atoms with E-state index in [4.69, 9.17) is 22.1 Å². The van der Waals surface area contributed by atoms with Gasteiger partial charge in [0.25, 0.3) is 0 Å². The van der Waals surface area contributed by atoms with Crippen LogP contribution in [0.15, 0.2) is 48.5 Å². The Kier molecular flexibility index (Phi) is 11.1. The molecule has 2 aromatic rings. The summed E-state index contributed by atoms with van der Waals surface area (Å²) in [6.07, 6.45) is 0.202. The van der Waals surface area contributed by atoms with Gasteiger partial charge in [-0.3, -0.25) is 9.59 Å². The van der Waals surface area contributed by atoms with Crippen molar-refractivity contribution in [3.63, 3.8) is 0 Å². The van der Waals surface area contributed by atoms with Crippen LogP contribution in [0.25, 0.3) is 0 Å². The molecule has 0 radical (unpaired) electrons. The smallest absolute Gasteiger partial charge is 0.339 e. The first-order valence-corrected chi connectivity index (χ1v) is 14.7. The van der Waals surface area contributed by atoms with Crippen LogP contribution in [-0.4, -0.2) is 87.1 Å². The molecular weight excluding hydrogens is 568 g/mol. The molecule has 2 saturated heterocycles. The first-order chi connectivity index (χ1) is 19.4. The lowest BCUT2D eigenvalue weighted by atomic mass is 9.96. The number of hydrogen-bond donors (Lipinski definition) is 3. The highest BCUT2D eigenvalue weighted by Gasteiger charge is 2.64.